The number of amides is 1. The van der Waals surface area contributed by atoms with Gasteiger partial charge in [-0.3, -0.25) is 4.79 Å². The molecule has 0 aliphatic carbocycles. The molecule has 2 fully saturated rings. The Hall–Kier alpha value is -0.610. The monoisotopic (exact) mass is 239 g/mol. The van der Waals surface area contributed by atoms with Crippen LogP contribution >= 0.6 is 0 Å². The van der Waals surface area contributed by atoms with Crippen molar-refractivity contribution in [2.75, 3.05) is 33.7 Å². The van der Waals surface area contributed by atoms with E-state index in [4.69, 9.17) is 0 Å². The fraction of sp³-hybridized carbons (Fsp3) is 0.923. The summed E-state index contributed by atoms with van der Waals surface area (Å²) in [4.78, 5) is 16.8. The number of hydrogen-bond acceptors (Lipinski definition) is 3. The summed E-state index contributed by atoms with van der Waals surface area (Å²) in [5.41, 5.74) is -0.287. The summed E-state index contributed by atoms with van der Waals surface area (Å²) in [5, 5.41) is 3.36. The van der Waals surface area contributed by atoms with Gasteiger partial charge in [-0.15, -0.1) is 0 Å². The standard InChI is InChI=1S/C13H25N3O/c1-13(7-4-8-14-13)12(17)16-9-5-11(6-10-16)15(2)3/h11,14H,4-10H2,1-3H3. The summed E-state index contributed by atoms with van der Waals surface area (Å²) in [5.74, 6) is 0.312. The smallest absolute Gasteiger partial charge is 0.242 e. The van der Waals surface area contributed by atoms with E-state index in [9.17, 15) is 4.79 Å². The Morgan fingerprint density at radius 3 is 2.47 bits per heavy atom. The minimum Gasteiger partial charge on any atom is -0.341 e. The molecule has 2 saturated heterocycles. The molecule has 4 heteroatoms. The average Bonchev–Trinajstić information content (AvgIpc) is 2.76. The van der Waals surface area contributed by atoms with Crippen molar-refractivity contribution in [2.24, 2.45) is 0 Å². The van der Waals surface area contributed by atoms with Crippen molar-refractivity contribution in [3.63, 3.8) is 0 Å². The van der Waals surface area contributed by atoms with Crippen LogP contribution in [0.2, 0.25) is 0 Å². The summed E-state index contributed by atoms with van der Waals surface area (Å²) < 4.78 is 0. The van der Waals surface area contributed by atoms with Gasteiger partial charge in [0.1, 0.15) is 0 Å². The number of nitrogens with zero attached hydrogens (tertiary/aromatic N) is 2. The van der Waals surface area contributed by atoms with Crippen molar-refractivity contribution in [3.05, 3.63) is 0 Å². The number of piperidine rings is 1. The van der Waals surface area contributed by atoms with E-state index >= 15 is 0 Å². The topological polar surface area (TPSA) is 35.6 Å². The van der Waals surface area contributed by atoms with Crippen molar-refractivity contribution >= 4 is 5.91 Å². The first-order valence-corrected chi connectivity index (χ1v) is 6.74. The maximum Gasteiger partial charge on any atom is 0.242 e. The predicted molar refractivity (Wildman–Crippen MR) is 68.9 cm³/mol. The van der Waals surface area contributed by atoms with Crippen LogP contribution in [0.1, 0.15) is 32.6 Å². The Kier molecular flexibility index (Phi) is 3.73. The van der Waals surface area contributed by atoms with E-state index in [0.29, 0.717) is 11.9 Å². The zero-order chi connectivity index (χ0) is 12.5. The lowest BCUT2D eigenvalue weighted by Gasteiger charge is -2.38. The van der Waals surface area contributed by atoms with E-state index in [1.807, 2.05) is 0 Å². The van der Waals surface area contributed by atoms with Crippen molar-refractivity contribution in [3.8, 4) is 0 Å². The van der Waals surface area contributed by atoms with Crippen molar-refractivity contribution < 1.29 is 4.79 Å². The average molecular weight is 239 g/mol. The van der Waals surface area contributed by atoms with Gasteiger partial charge in [-0.25, -0.2) is 0 Å². The molecular weight excluding hydrogens is 214 g/mol. The third-order valence-electron chi connectivity index (χ3n) is 4.32. The Bertz CT molecular complexity index is 276. The first-order chi connectivity index (χ1) is 8.03. The van der Waals surface area contributed by atoms with Crippen molar-refractivity contribution in [1.29, 1.82) is 0 Å². The van der Waals surface area contributed by atoms with Crippen molar-refractivity contribution in [2.45, 2.75) is 44.2 Å². The number of likely N-dealkylation sites (tertiary alicyclic amines) is 1. The Morgan fingerprint density at radius 2 is 2.00 bits per heavy atom. The van der Waals surface area contributed by atoms with E-state index in [2.05, 4.69) is 36.1 Å². The number of hydrogen-bond donors (Lipinski definition) is 1. The molecule has 0 spiro atoms. The van der Waals surface area contributed by atoms with Crippen LogP contribution in [0.5, 0.6) is 0 Å². The van der Waals surface area contributed by atoms with Crippen LogP contribution < -0.4 is 5.32 Å². The second kappa shape index (κ2) is 4.94. The zero-order valence-electron chi connectivity index (χ0n) is 11.3. The molecule has 2 aliphatic rings. The molecule has 1 atom stereocenters. The SMILES string of the molecule is CN(C)C1CCN(C(=O)C2(C)CCCN2)CC1. The number of rotatable bonds is 2. The van der Waals surface area contributed by atoms with E-state index in [0.717, 1.165) is 45.3 Å². The van der Waals surface area contributed by atoms with Crippen LogP contribution in [0.25, 0.3) is 0 Å². The summed E-state index contributed by atoms with van der Waals surface area (Å²) in [6.07, 6.45) is 4.32. The van der Waals surface area contributed by atoms with Gasteiger partial charge in [-0.1, -0.05) is 0 Å². The highest BCUT2D eigenvalue weighted by molar-refractivity contribution is 5.86. The van der Waals surface area contributed by atoms with Crippen LogP contribution in [0.3, 0.4) is 0 Å². The molecule has 2 rings (SSSR count). The van der Waals surface area contributed by atoms with Gasteiger partial charge in [-0.2, -0.15) is 0 Å². The minimum atomic E-state index is -0.287. The summed E-state index contributed by atoms with van der Waals surface area (Å²) in [6, 6.07) is 0.642. The predicted octanol–water partition coefficient (Wildman–Crippen LogP) is 0.681. The van der Waals surface area contributed by atoms with E-state index in [-0.39, 0.29) is 5.54 Å². The lowest BCUT2D eigenvalue weighted by Crippen LogP contribution is -2.55. The van der Waals surface area contributed by atoms with E-state index < -0.39 is 0 Å². The summed E-state index contributed by atoms with van der Waals surface area (Å²) in [7, 11) is 4.25. The highest BCUT2D eigenvalue weighted by atomic mass is 16.2. The second-order valence-corrected chi connectivity index (χ2v) is 5.85. The molecule has 2 aliphatic heterocycles. The molecule has 0 aromatic rings. The number of nitrogens with one attached hydrogen (secondary N) is 1. The molecule has 4 nitrogen and oxygen atoms in total. The van der Waals surface area contributed by atoms with Gasteiger partial charge >= 0.3 is 0 Å². The minimum absolute atomic E-state index is 0.287. The summed E-state index contributed by atoms with van der Waals surface area (Å²) in [6.45, 7) is 4.87. The molecule has 17 heavy (non-hydrogen) atoms. The van der Waals surface area contributed by atoms with Gasteiger partial charge in [-0.05, 0) is 53.2 Å². The second-order valence-electron chi connectivity index (χ2n) is 5.85. The Balaban J connectivity index is 1.90. The van der Waals surface area contributed by atoms with E-state index in [1.165, 1.54) is 0 Å². The van der Waals surface area contributed by atoms with E-state index in [1.54, 1.807) is 0 Å². The molecule has 0 aromatic heterocycles. The van der Waals surface area contributed by atoms with Crippen LogP contribution in [0.4, 0.5) is 0 Å². The van der Waals surface area contributed by atoms with Crippen LogP contribution in [0.15, 0.2) is 0 Å². The largest absolute Gasteiger partial charge is 0.341 e. The molecule has 0 saturated carbocycles. The molecule has 1 amide bonds. The van der Waals surface area contributed by atoms with Crippen LogP contribution in [-0.4, -0.2) is 61.0 Å². The van der Waals surface area contributed by atoms with Gasteiger partial charge in [0.15, 0.2) is 0 Å². The first kappa shape index (κ1) is 12.8. The fourth-order valence-corrected chi connectivity index (χ4v) is 3.01. The third-order valence-corrected chi connectivity index (χ3v) is 4.32. The van der Waals surface area contributed by atoms with Gasteiger partial charge in [0, 0.05) is 19.1 Å². The number of carbonyl (C=O) groups excluding carboxylic acids is 1. The van der Waals surface area contributed by atoms with Gasteiger partial charge < -0.3 is 15.1 Å². The molecular formula is C13H25N3O. The van der Waals surface area contributed by atoms with Gasteiger partial charge in [0.25, 0.3) is 0 Å². The maximum atomic E-state index is 12.4. The first-order valence-electron chi connectivity index (χ1n) is 6.74. The fourth-order valence-electron chi connectivity index (χ4n) is 3.01. The zero-order valence-corrected chi connectivity index (χ0v) is 11.3. The van der Waals surface area contributed by atoms with Crippen LogP contribution in [-0.2, 0) is 4.79 Å². The normalized spacial score (nSPS) is 31.2. The molecule has 0 radical (unpaired) electrons. The number of carbonyl (C=O) groups is 1. The highest BCUT2D eigenvalue weighted by Crippen LogP contribution is 2.24. The van der Waals surface area contributed by atoms with Gasteiger partial charge in [0.2, 0.25) is 5.91 Å². The lowest BCUT2D eigenvalue weighted by molar-refractivity contribution is -0.138. The molecule has 1 N–H and O–H groups in total. The molecule has 98 valence electrons. The summed E-state index contributed by atoms with van der Waals surface area (Å²) >= 11 is 0. The highest BCUT2D eigenvalue weighted by Gasteiger charge is 2.39. The third kappa shape index (κ3) is 2.63. The lowest BCUT2D eigenvalue weighted by atomic mass is 9.96. The molecule has 1 unspecified atom stereocenters. The molecule has 0 aromatic carbocycles. The Morgan fingerprint density at radius 1 is 1.35 bits per heavy atom. The van der Waals surface area contributed by atoms with Crippen molar-refractivity contribution in [1.82, 2.24) is 15.1 Å². The maximum absolute atomic E-state index is 12.4. The molecule has 2 heterocycles. The van der Waals surface area contributed by atoms with Gasteiger partial charge in [0.05, 0.1) is 5.54 Å². The Labute approximate surface area is 104 Å². The van der Waals surface area contributed by atoms with Crippen LogP contribution in [0, 0.1) is 0 Å². The quantitative estimate of drug-likeness (QED) is 0.770. The molecule has 0 bridgehead atoms.